The van der Waals surface area contributed by atoms with E-state index in [2.05, 4.69) is 48.2 Å². The van der Waals surface area contributed by atoms with Gasteiger partial charge in [0, 0.05) is 0 Å². The Morgan fingerprint density at radius 2 is 2.00 bits per heavy atom. The van der Waals surface area contributed by atoms with Crippen LogP contribution in [0.15, 0.2) is 0 Å². The number of hydrogen-bond acceptors (Lipinski definition) is 0. The zero-order chi connectivity index (χ0) is 4.99. The van der Waals surface area contributed by atoms with Gasteiger partial charge >= 0.3 is 0 Å². The molecule has 0 aromatic carbocycles. The van der Waals surface area contributed by atoms with Crippen LogP contribution >= 0.6 is 31.9 Å². The Morgan fingerprint density at radius 3 is 2.00 bits per heavy atom. The van der Waals surface area contributed by atoms with Crippen molar-refractivity contribution in [1.82, 2.24) is 0 Å². The van der Waals surface area contributed by atoms with Crippen LogP contribution in [0.25, 0.3) is 0 Å². The van der Waals surface area contributed by atoms with E-state index in [1.165, 1.54) is 6.42 Å². The standard InChI is InChI=1S/C3H5Br2.Al/c1-2-3(4)5;/h3H,1-2H2;. The molecule has 0 spiro atoms. The molecule has 0 N–H and O–H groups in total. The minimum Gasteiger partial charge on any atom is -0.116 e. The number of alkyl halides is 2. The molecule has 0 rings (SSSR count). The average Bonchev–Trinajstić information content (AvgIpc) is 1.35. The van der Waals surface area contributed by atoms with Gasteiger partial charge in [-0.05, 0) is 6.42 Å². The molecule has 0 heterocycles. The monoisotopic (exact) mass is 226 g/mol. The zero-order valence-electron chi connectivity index (χ0n) is 3.32. The molecule has 0 aliphatic heterocycles. The number of halogens is 2. The van der Waals surface area contributed by atoms with Gasteiger partial charge in [0.1, 0.15) is 16.3 Å². The maximum absolute atomic E-state index is 3.34. The molecule has 0 fully saturated rings. The van der Waals surface area contributed by atoms with Gasteiger partial charge in [-0.1, -0.05) is 31.9 Å². The van der Waals surface area contributed by atoms with Crippen LogP contribution < -0.4 is 0 Å². The van der Waals surface area contributed by atoms with Crippen LogP contribution in [-0.2, 0) is 0 Å². The smallest absolute Gasteiger partial charge is 0.116 e. The van der Waals surface area contributed by atoms with Crippen molar-refractivity contribution in [3.8, 4) is 0 Å². The van der Waals surface area contributed by atoms with Crippen LogP contribution in [0.5, 0.6) is 0 Å². The van der Waals surface area contributed by atoms with E-state index < -0.39 is 0 Å². The van der Waals surface area contributed by atoms with Crippen LogP contribution in [0.1, 0.15) is 6.42 Å². The van der Waals surface area contributed by atoms with Crippen molar-refractivity contribution in [3.05, 3.63) is 0 Å². The van der Waals surface area contributed by atoms with Crippen molar-refractivity contribution in [2.45, 2.75) is 15.4 Å². The summed E-state index contributed by atoms with van der Waals surface area (Å²) in [7, 11) is 0. The third-order valence-corrected chi connectivity index (χ3v) is 1.63. The molecular weight excluding hydrogens is 223 g/mol. The molecule has 0 saturated carbocycles. The highest BCUT2D eigenvalue weighted by atomic mass is 79.9. The van der Waals surface area contributed by atoms with Crippen LogP contribution in [-0.4, -0.2) is 20.0 Å². The van der Waals surface area contributed by atoms with Crippen molar-refractivity contribution in [2.75, 3.05) is 0 Å². The van der Waals surface area contributed by atoms with Gasteiger partial charge in [0.25, 0.3) is 0 Å². The molecule has 0 aliphatic rings. The number of rotatable bonds is 2. The summed E-state index contributed by atoms with van der Waals surface area (Å²) >= 11 is 9.34. The first-order valence-corrected chi connectivity index (χ1v) is 4.40. The first-order valence-electron chi connectivity index (χ1n) is 1.75. The summed E-state index contributed by atoms with van der Waals surface area (Å²) in [5, 5.41) is 1.15. The summed E-state index contributed by atoms with van der Waals surface area (Å²) in [6, 6.07) is 0. The zero-order valence-corrected chi connectivity index (χ0v) is 7.65. The lowest BCUT2D eigenvalue weighted by molar-refractivity contribution is 1.08. The Hall–Kier alpha value is 1.49. The van der Waals surface area contributed by atoms with Crippen molar-refractivity contribution in [3.63, 3.8) is 0 Å². The van der Waals surface area contributed by atoms with Gasteiger partial charge in [0.2, 0.25) is 0 Å². The van der Waals surface area contributed by atoms with E-state index in [4.69, 9.17) is 0 Å². The van der Waals surface area contributed by atoms with E-state index in [9.17, 15) is 0 Å². The van der Waals surface area contributed by atoms with Crippen LogP contribution in [0.3, 0.4) is 0 Å². The van der Waals surface area contributed by atoms with Gasteiger partial charge < -0.3 is 0 Å². The highest BCUT2D eigenvalue weighted by Crippen LogP contribution is 2.12. The average molecular weight is 228 g/mol. The summed E-state index contributed by atoms with van der Waals surface area (Å²) < 4.78 is 0.502. The third kappa shape index (κ3) is 5.49. The highest BCUT2D eigenvalue weighted by molar-refractivity contribution is 9.24. The van der Waals surface area contributed by atoms with E-state index in [0.717, 1.165) is 5.28 Å². The topological polar surface area (TPSA) is 0 Å². The predicted molar refractivity (Wildman–Crippen MR) is 36.8 cm³/mol. The van der Waals surface area contributed by atoms with Crippen LogP contribution in [0, 0.1) is 0 Å². The molecule has 2 radical (unpaired) electrons. The molecule has 0 aromatic heterocycles. The Kier molecular flexibility index (Phi) is 5.80. The minimum atomic E-state index is 0.502. The van der Waals surface area contributed by atoms with Gasteiger partial charge in [-0.25, -0.2) is 0 Å². The highest BCUT2D eigenvalue weighted by Gasteiger charge is 1.89. The normalized spacial score (nSPS) is 9.83. The summed E-state index contributed by atoms with van der Waals surface area (Å²) in [5.74, 6) is 0. The quantitative estimate of drug-likeness (QED) is 0.501. The molecule has 0 amide bonds. The lowest BCUT2D eigenvalue weighted by atomic mass is 10.6. The molecule has 0 aliphatic carbocycles. The van der Waals surface area contributed by atoms with Crippen molar-refractivity contribution in [1.29, 1.82) is 0 Å². The van der Waals surface area contributed by atoms with Crippen LogP contribution in [0.4, 0.5) is 0 Å². The fourth-order valence-corrected chi connectivity index (χ4v) is 1.96. The van der Waals surface area contributed by atoms with Crippen molar-refractivity contribution < 1.29 is 0 Å². The van der Waals surface area contributed by atoms with Crippen molar-refractivity contribution in [2.24, 2.45) is 0 Å². The molecule has 0 unspecified atom stereocenters. The Morgan fingerprint density at radius 1 is 1.50 bits per heavy atom. The van der Waals surface area contributed by atoms with Gasteiger partial charge in [-0.3, -0.25) is 0 Å². The molecule has 3 heteroatoms. The van der Waals surface area contributed by atoms with Gasteiger partial charge in [0.15, 0.2) is 0 Å². The van der Waals surface area contributed by atoms with E-state index in [-0.39, 0.29) is 0 Å². The molecule has 0 aromatic rings. The second-order valence-corrected chi connectivity index (χ2v) is 4.99. The fourth-order valence-electron chi connectivity index (χ4n) is 0.126. The van der Waals surface area contributed by atoms with E-state index >= 15 is 0 Å². The Bertz CT molecular complexity index is 30.0. The molecule has 0 bridgehead atoms. The molecule has 6 heavy (non-hydrogen) atoms. The van der Waals surface area contributed by atoms with Crippen LogP contribution in [0.2, 0.25) is 5.28 Å². The molecule has 34 valence electrons. The predicted octanol–water partition coefficient (Wildman–Crippen LogP) is 2.08. The van der Waals surface area contributed by atoms with Gasteiger partial charge in [-0.15, -0.1) is 5.28 Å². The van der Waals surface area contributed by atoms with E-state index in [1.807, 2.05) is 0 Å². The van der Waals surface area contributed by atoms with Gasteiger partial charge in [-0.2, -0.15) is 0 Å². The number of hydrogen-bond donors (Lipinski definition) is 0. The molecule has 0 atom stereocenters. The van der Waals surface area contributed by atoms with E-state index in [0.29, 0.717) is 3.74 Å². The minimum absolute atomic E-state index is 0.502. The Labute approximate surface area is 63.4 Å². The summed E-state index contributed by atoms with van der Waals surface area (Å²) in [6.07, 6.45) is 1.17. The second-order valence-electron chi connectivity index (χ2n) is 0.968. The summed E-state index contributed by atoms with van der Waals surface area (Å²) in [6.45, 7) is 0. The first-order chi connectivity index (χ1) is 2.77. The fraction of sp³-hybridized carbons (Fsp3) is 1.00. The maximum atomic E-state index is 3.34. The molecule has 0 saturated heterocycles. The van der Waals surface area contributed by atoms with Crippen molar-refractivity contribution >= 4 is 48.2 Å². The lowest BCUT2D eigenvalue weighted by Gasteiger charge is -1.92. The largest absolute Gasteiger partial charge is 0.118 e. The second kappa shape index (κ2) is 4.65. The molecule has 0 nitrogen and oxygen atoms in total. The third-order valence-electron chi connectivity index (χ3n) is 0.385. The lowest BCUT2D eigenvalue weighted by Crippen LogP contribution is -1.80. The SMILES string of the molecule is [Al][CH2]CC(Br)Br. The van der Waals surface area contributed by atoms with E-state index in [1.54, 1.807) is 0 Å². The Balaban J connectivity index is 2.63. The first kappa shape index (κ1) is 7.49. The summed E-state index contributed by atoms with van der Waals surface area (Å²) in [5.41, 5.74) is 0. The maximum Gasteiger partial charge on any atom is 0.118 e. The summed E-state index contributed by atoms with van der Waals surface area (Å²) in [4.78, 5) is 0. The van der Waals surface area contributed by atoms with Gasteiger partial charge in [0.05, 0.1) is 3.74 Å². The molecular formula is C3H5AlBr2.